The number of hydrogen-bond donors (Lipinski definition) is 0. The minimum atomic E-state index is -0.836. The number of aromatic nitrogens is 3. The third-order valence-corrected chi connectivity index (χ3v) is 6.85. The molecular weight excluding hydrogens is 509 g/mol. The number of hydrogen-bond acceptors (Lipinski definition) is 5. The zero-order valence-electron chi connectivity index (χ0n) is 22.1. The van der Waals surface area contributed by atoms with Crippen molar-refractivity contribution >= 4 is 0 Å². The molecule has 0 N–H and O–H groups in total. The predicted molar refractivity (Wildman–Crippen MR) is 142 cm³/mol. The molecule has 0 fully saturated rings. The standard InChI is InChI=1S/C29H29F3N4O3/c1-18(34(3)16-20-9-5-6-14-33-20)15-36-28(37)26(21-10-7-13-25(39-4)27(21)32)19(2)35(29(36)38)17-22-23(30)11-8-12-24(22)31/h5-14,18H,15-17H2,1-4H3/t18-/m1/s1. The molecule has 0 aliphatic carbocycles. The number of benzene rings is 2. The van der Waals surface area contributed by atoms with E-state index < -0.39 is 35.2 Å². The van der Waals surface area contributed by atoms with Gasteiger partial charge in [0.1, 0.15) is 11.6 Å². The minimum Gasteiger partial charge on any atom is -0.494 e. The maximum absolute atomic E-state index is 15.4. The molecule has 2 aromatic carbocycles. The first-order valence-corrected chi connectivity index (χ1v) is 12.3. The number of likely N-dealkylation sites (N-methyl/N-ethyl adjacent to an activating group) is 1. The molecule has 0 radical (unpaired) electrons. The Balaban J connectivity index is 1.87. The van der Waals surface area contributed by atoms with Gasteiger partial charge in [0.2, 0.25) is 0 Å². The first kappa shape index (κ1) is 27.8. The average molecular weight is 539 g/mol. The summed E-state index contributed by atoms with van der Waals surface area (Å²) in [5, 5.41) is 0. The number of halogens is 3. The SMILES string of the molecule is COc1cccc(-c2c(C)n(Cc3c(F)cccc3F)c(=O)n(C[C@@H](C)N(C)Cc3ccccn3)c2=O)c1F. The van der Waals surface area contributed by atoms with Crippen LogP contribution in [0, 0.1) is 24.4 Å². The molecule has 4 aromatic rings. The smallest absolute Gasteiger partial charge is 0.331 e. The van der Waals surface area contributed by atoms with Crippen LogP contribution in [-0.4, -0.2) is 39.2 Å². The molecule has 4 rings (SSSR count). The number of methoxy groups -OCH3 is 1. The Labute approximate surface area is 223 Å². The van der Waals surface area contributed by atoms with Gasteiger partial charge in [-0.25, -0.2) is 18.0 Å². The molecule has 0 bridgehead atoms. The fourth-order valence-corrected chi connectivity index (χ4v) is 4.47. The van der Waals surface area contributed by atoms with Crippen molar-refractivity contribution in [2.45, 2.75) is 39.5 Å². The topological polar surface area (TPSA) is 69.4 Å². The largest absolute Gasteiger partial charge is 0.494 e. The third-order valence-electron chi connectivity index (χ3n) is 6.85. The fraction of sp³-hybridized carbons (Fsp3) is 0.276. The first-order chi connectivity index (χ1) is 18.6. The van der Waals surface area contributed by atoms with Gasteiger partial charge in [0.15, 0.2) is 11.6 Å². The molecule has 10 heteroatoms. The summed E-state index contributed by atoms with van der Waals surface area (Å²) in [6, 6.07) is 12.9. The molecule has 204 valence electrons. The Morgan fingerprint density at radius 1 is 0.974 bits per heavy atom. The van der Waals surface area contributed by atoms with Gasteiger partial charge in [-0.3, -0.25) is 23.8 Å². The summed E-state index contributed by atoms with van der Waals surface area (Å²) in [6.07, 6.45) is 1.67. The molecule has 0 unspecified atom stereocenters. The molecule has 0 saturated heterocycles. The van der Waals surface area contributed by atoms with Crippen LogP contribution in [0.15, 0.2) is 70.4 Å². The second kappa shape index (κ2) is 11.7. The molecule has 39 heavy (non-hydrogen) atoms. The van der Waals surface area contributed by atoms with Crippen molar-refractivity contribution in [1.29, 1.82) is 0 Å². The van der Waals surface area contributed by atoms with Gasteiger partial charge < -0.3 is 4.74 Å². The molecule has 0 saturated carbocycles. The molecular formula is C29H29F3N4O3. The van der Waals surface area contributed by atoms with E-state index in [0.717, 1.165) is 27.0 Å². The van der Waals surface area contributed by atoms with Crippen molar-refractivity contribution in [2.24, 2.45) is 0 Å². The van der Waals surface area contributed by atoms with Crippen LogP contribution in [0.4, 0.5) is 13.2 Å². The lowest BCUT2D eigenvalue weighted by Gasteiger charge is -2.26. The Kier molecular flexibility index (Phi) is 8.35. The van der Waals surface area contributed by atoms with E-state index in [-0.39, 0.29) is 40.7 Å². The van der Waals surface area contributed by atoms with Gasteiger partial charge in [0, 0.05) is 42.1 Å². The summed E-state index contributed by atoms with van der Waals surface area (Å²) in [7, 11) is 3.13. The number of pyridine rings is 1. The summed E-state index contributed by atoms with van der Waals surface area (Å²) in [5.41, 5.74) is -1.12. The molecule has 2 heterocycles. The Bertz CT molecular complexity index is 1580. The summed E-state index contributed by atoms with van der Waals surface area (Å²) < 4.78 is 51.7. The van der Waals surface area contributed by atoms with Gasteiger partial charge in [0.05, 0.1) is 24.9 Å². The zero-order valence-corrected chi connectivity index (χ0v) is 22.1. The Morgan fingerprint density at radius 3 is 2.31 bits per heavy atom. The number of nitrogens with zero attached hydrogens (tertiary/aromatic N) is 4. The van der Waals surface area contributed by atoms with Crippen LogP contribution in [0.25, 0.3) is 11.1 Å². The summed E-state index contributed by atoms with van der Waals surface area (Å²) >= 11 is 0. The molecule has 0 aliphatic rings. The molecule has 0 amide bonds. The summed E-state index contributed by atoms with van der Waals surface area (Å²) in [6.45, 7) is 3.20. The second-order valence-electron chi connectivity index (χ2n) is 9.35. The van der Waals surface area contributed by atoms with Crippen molar-refractivity contribution in [2.75, 3.05) is 14.2 Å². The highest BCUT2D eigenvalue weighted by Crippen LogP contribution is 2.29. The van der Waals surface area contributed by atoms with E-state index in [2.05, 4.69) is 4.98 Å². The zero-order chi connectivity index (χ0) is 28.3. The monoisotopic (exact) mass is 538 g/mol. The third kappa shape index (κ3) is 5.65. The van der Waals surface area contributed by atoms with E-state index in [1.807, 2.05) is 31.0 Å². The highest BCUT2D eigenvalue weighted by Gasteiger charge is 2.24. The lowest BCUT2D eigenvalue weighted by molar-refractivity contribution is 0.220. The molecule has 0 spiro atoms. The number of ether oxygens (including phenoxy) is 1. The van der Waals surface area contributed by atoms with Crippen LogP contribution in [0.2, 0.25) is 0 Å². The second-order valence-corrected chi connectivity index (χ2v) is 9.35. The van der Waals surface area contributed by atoms with Gasteiger partial charge in [0.25, 0.3) is 5.56 Å². The van der Waals surface area contributed by atoms with Crippen molar-refractivity contribution in [3.05, 3.63) is 116 Å². The predicted octanol–water partition coefficient (Wildman–Crippen LogP) is 4.38. The molecule has 0 aliphatic heterocycles. The van der Waals surface area contributed by atoms with Crippen LogP contribution in [-0.2, 0) is 19.6 Å². The van der Waals surface area contributed by atoms with Gasteiger partial charge >= 0.3 is 5.69 Å². The van der Waals surface area contributed by atoms with Crippen LogP contribution >= 0.6 is 0 Å². The van der Waals surface area contributed by atoms with Crippen LogP contribution in [0.3, 0.4) is 0 Å². The van der Waals surface area contributed by atoms with Crippen LogP contribution in [0.5, 0.6) is 5.75 Å². The minimum absolute atomic E-state index is 0.0559. The molecule has 2 aromatic heterocycles. The van der Waals surface area contributed by atoms with Gasteiger partial charge in [-0.15, -0.1) is 0 Å². The van der Waals surface area contributed by atoms with Crippen molar-refractivity contribution in [1.82, 2.24) is 19.0 Å². The quantitative estimate of drug-likeness (QED) is 0.317. The van der Waals surface area contributed by atoms with Gasteiger partial charge in [-0.2, -0.15) is 0 Å². The summed E-state index contributed by atoms with van der Waals surface area (Å²) in [4.78, 5) is 33.7. The maximum atomic E-state index is 15.4. The molecule has 1 atom stereocenters. The Hall–Kier alpha value is -4.18. The highest BCUT2D eigenvalue weighted by atomic mass is 19.1. The van der Waals surface area contributed by atoms with E-state index in [1.165, 1.54) is 38.3 Å². The average Bonchev–Trinajstić information content (AvgIpc) is 2.92. The van der Waals surface area contributed by atoms with E-state index in [9.17, 15) is 18.4 Å². The van der Waals surface area contributed by atoms with Crippen LogP contribution in [0.1, 0.15) is 23.9 Å². The normalized spacial score (nSPS) is 12.1. The van der Waals surface area contributed by atoms with E-state index in [0.29, 0.717) is 6.54 Å². The van der Waals surface area contributed by atoms with Crippen molar-refractivity contribution < 1.29 is 17.9 Å². The van der Waals surface area contributed by atoms with Crippen molar-refractivity contribution in [3.8, 4) is 16.9 Å². The number of rotatable bonds is 9. The Morgan fingerprint density at radius 2 is 1.67 bits per heavy atom. The first-order valence-electron chi connectivity index (χ1n) is 12.3. The van der Waals surface area contributed by atoms with E-state index in [4.69, 9.17) is 4.74 Å². The van der Waals surface area contributed by atoms with Gasteiger partial charge in [-0.05, 0) is 51.2 Å². The van der Waals surface area contributed by atoms with Crippen LogP contribution < -0.4 is 16.0 Å². The van der Waals surface area contributed by atoms with E-state index in [1.54, 1.807) is 12.3 Å². The maximum Gasteiger partial charge on any atom is 0.331 e. The van der Waals surface area contributed by atoms with Gasteiger partial charge in [-0.1, -0.05) is 24.3 Å². The summed E-state index contributed by atoms with van der Waals surface area (Å²) in [5.74, 6) is -2.54. The molecule has 7 nitrogen and oxygen atoms in total. The van der Waals surface area contributed by atoms with E-state index >= 15 is 4.39 Å². The highest BCUT2D eigenvalue weighted by molar-refractivity contribution is 5.67. The lowest BCUT2D eigenvalue weighted by Crippen LogP contribution is -2.46. The van der Waals surface area contributed by atoms with Crippen molar-refractivity contribution in [3.63, 3.8) is 0 Å². The fourth-order valence-electron chi connectivity index (χ4n) is 4.47. The lowest BCUT2D eigenvalue weighted by atomic mass is 10.0.